The quantitative estimate of drug-likeness (QED) is 0.522. The molecule has 0 radical (unpaired) electrons. The highest BCUT2D eigenvalue weighted by Crippen LogP contribution is 2.33. The van der Waals surface area contributed by atoms with Gasteiger partial charge in [0, 0.05) is 16.8 Å². The van der Waals surface area contributed by atoms with Crippen LogP contribution in [0.3, 0.4) is 0 Å². The van der Waals surface area contributed by atoms with Crippen LogP contribution in [0, 0.1) is 6.92 Å². The van der Waals surface area contributed by atoms with Crippen LogP contribution in [-0.2, 0) is 20.0 Å². The maximum Gasteiger partial charge on any atom is 0.321 e. The van der Waals surface area contributed by atoms with Crippen molar-refractivity contribution in [3.05, 3.63) is 60.2 Å². The first kappa shape index (κ1) is 17.7. The van der Waals surface area contributed by atoms with Crippen molar-refractivity contribution in [1.29, 1.82) is 0 Å². The molecule has 3 aromatic carbocycles. The first-order chi connectivity index (χ1) is 12.7. The van der Waals surface area contributed by atoms with Crippen LogP contribution in [0.2, 0.25) is 0 Å². The van der Waals surface area contributed by atoms with Crippen molar-refractivity contribution in [3.63, 3.8) is 0 Å². The van der Waals surface area contributed by atoms with Gasteiger partial charge in [-0.1, -0.05) is 42.0 Å². The van der Waals surface area contributed by atoms with Crippen LogP contribution in [0.4, 0.5) is 0 Å². The molecular weight excluding hydrogens is 390 g/mol. The van der Waals surface area contributed by atoms with Crippen molar-refractivity contribution >= 4 is 41.8 Å². The van der Waals surface area contributed by atoms with Gasteiger partial charge < -0.3 is 4.42 Å². The molecule has 0 fully saturated rings. The summed E-state index contributed by atoms with van der Waals surface area (Å²) in [6, 6.07) is 13.6. The van der Waals surface area contributed by atoms with Crippen molar-refractivity contribution < 1.29 is 25.8 Å². The second-order valence-electron chi connectivity index (χ2n) is 6.04. The highest BCUT2D eigenvalue weighted by Gasteiger charge is 2.27. The van der Waals surface area contributed by atoms with E-state index < -0.39 is 25.2 Å². The molecule has 0 aliphatic carbocycles. The van der Waals surface area contributed by atoms with Gasteiger partial charge in [-0.15, -0.1) is 0 Å². The number of oxazole rings is 1. The summed E-state index contributed by atoms with van der Waals surface area (Å²) in [6.45, 7) is 1.83. The Kier molecular flexibility index (Phi) is 3.84. The molecule has 0 saturated carbocycles. The Morgan fingerprint density at radius 1 is 0.926 bits per heavy atom. The van der Waals surface area contributed by atoms with Gasteiger partial charge in [0.25, 0.3) is 20.0 Å². The van der Waals surface area contributed by atoms with E-state index in [1.807, 2.05) is 6.92 Å². The molecule has 7 nitrogen and oxygen atoms in total. The molecular formula is C18H13NO6S2. The zero-order valence-electron chi connectivity index (χ0n) is 13.9. The zero-order chi connectivity index (χ0) is 19.4. The third-order valence-corrected chi connectivity index (χ3v) is 6.60. The van der Waals surface area contributed by atoms with Crippen LogP contribution in [0.15, 0.2) is 74.0 Å². The molecule has 0 amide bonds. The Morgan fingerprint density at radius 3 is 2.19 bits per heavy atom. The predicted molar refractivity (Wildman–Crippen MR) is 98.0 cm³/mol. The molecule has 138 valence electrons. The zero-order valence-corrected chi connectivity index (χ0v) is 15.6. The number of rotatable bonds is 3. The van der Waals surface area contributed by atoms with Crippen molar-refractivity contribution in [2.45, 2.75) is 21.9 Å². The van der Waals surface area contributed by atoms with Crippen LogP contribution >= 0.6 is 0 Å². The van der Waals surface area contributed by atoms with Crippen molar-refractivity contribution in [1.82, 2.24) is 4.98 Å². The average Bonchev–Trinajstić information content (AvgIpc) is 3.06. The lowest BCUT2D eigenvalue weighted by Gasteiger charge is -2.03. The van der Waals surface area contributed by atoms with Gasteiger partial charge in [-0.3, -0.25) is 4.55 Å². The van der Waals surface area contributed by atoms with Gasteiger partial charge >= 0.3 is 5.22 Å². The molecule has 0 unspecified atom stereocenters. The summed E-state index contributed by atoms with van der Waals surface area (Å²) in [5, 5.41) is 0.0378. The number of nitrogens with zero attached hydrogens (tertiary/aromatic N) is 1. The Balaban J connectivity index is 2.03. The van der Waals surface area contributed by atoms with Gasteiger partial charge in [0.1, 0.15) is 10.4 Å². The Hall–Kier alpha value is -2.75. The number of hydrogen-bond acceptors (Lipinski definition) is 6. The molecule has 0 aliphatic heterocycles. The van der Waals surface area contributed by atoms with E-state index in [1.54, 1.807) is 30.3 Å². The minimum absolute atomic E-state index is 0.0129. The van der Waals surface area contributed by atoms with Crippen molar-refractivity contribution in [2.24, 2.45) is 0 Å². The molecule has 4 rings (SSSR count). The van der Waals surface area contributed by atoms with Gasteiger partial charge in [-0.25, -0.2) is 8.42 Å². The summed E-state index contributed by atoms with van der Waals surface area (Å²) >= 11 is 0. The third-order valence-electron chi connectivity index (χ3n) is 4.18. The summed E-state index contributed by atoms with van der Waals surface area (Å²) in [4.78, 5) is 3.74. The van der Waals surface area contributed by atoms with E-state index in [9.17, 15) is 21.4 Å². The Labute approximate surface area is 154 Å². The maximum absolute atomic E-state index is 12.8. The summed E-state index contributed by atoms with van der Waals surface area (Å²) < 4.78 is 64.0. The number of hydrogen-bond donors (Lipinski definition) is 1. The van der Waals surface area contributed by atoms with E-state index in [2.05, 4.69) is 4.98 Å². The molecule has 4 aromatic rings. The molecule has 1 heterocycles. The van der Waals surface area contributed by atoms with E-state index in [4.69, 9.17) is 4.42 Å². The summed E-state index contributed by atoms with van der Waals surface area (Å²) in [5.74, 6) is 0. The van der Waals surface area contributed by atoms with Gasteiger partial charge in [-0.05, 0) is 19.1 Å². The monoisotopic (exact) mass is 403 g/mol. The number of benzene rings is 3. The van der Waals surface area contributed by atoms with Crippen LogP contribution in [0.5, 0.6) is 0 Å². The number of sulfone groups is 1. The summed E-state index contributed by atoms with van der Waals surface area (Å²) in [5.41, 5.74) is 1.05. The van der Waals surface area contributed by atoms with Crippen LogP contribution in [0.1, 0.15) is 5.56 Å². The van der Waals surface area contributed by atoms with Crippen molar-refractivity contribution in [2.75, 3.05) is 0 Å². The second-order valence-corrected chi connectivity index (χ2v) is 9.26. The molecule has 0 saturated heterocycles. The largest absolute Gasteiger partial charge is 0.428 e. The molecule has 1 N–H and O–H groups in total. The van der Waals surface area contributed by atoms with Crippen LogP contribution < -0.4 is 0 Å². The summed E-state index contributed by atoms with van der Waals surface area (Å²) in [6.07, 6.45) is 0. The van der Waals surface area contributed by atoms with Crippen LogP contribution in [-0.4, -0.2) is 26.4 Å². The van der Waals surface area contributed by atoms with E-state index in [-0.39, 0.29) is 26.3 Å². The SMILES string of the molecule is Cc1ccc(S(=O)(=O)c2nc3c(cc(S(=O)(=O)O)c4ccccc43)o2)cc1. The lowest BCUT2D eigenvalue weighted by Crippen LogP contribution is -2.02. The van der Waals surface area contributed by atoms with E-state index in [0.717, 1.165) is 11.6 Å². The van der Waals surface area contributed by atoms with E-state index in [1.165, 1.54) is 18.2 Å². The lowest BCUT2D eigenvalue weighted by atomic mass is 10.1. The number of fused-ring (bicyclic) bond motifs is 3. The normalized spacial score (nSPS) is 12.7. The molecule has 0 aliphatic rings. The highest BCUT2D eigenvalue weighted by atomic mass is 32.2. The topological polar surface area (TPSA) is 115 Å². The fraction of sp³-hybridized carbons (Fsp3) is 0.0556. The molecule has 0 spiro atoms. The molecule has 0 atom stereocenters. The van der Waals surface area contributed by atoms with Gasteiger partial charge in [0.15, 0.2) is 5.58 Å². The number of aromatic nitrogens is 1. The van der Waals surface area contributed by atoms with Gasteiger partial charge in [0.05, 0.1) is 4.90 Å². The molecule has 9 heteroatoms. The first-order valence-electron chi connectivity index (χ1n) is 7.79. The first-order valence-corrected chi connectivity index (χ1v) is 10.7. The smallest absolute Gasteiger partial charge is 0.321 e. The van der Waals surface area contributed by atoms with Crippen LogP contribution in [0.25, 0.3) is 21.9 Å². The lowest BCUT2D eigenvalue weighted by molar-refractivity contribution is 0.457. The highest BCUT2D eigenvalue weighted by molar-refractivity contribution is 7.91. The Bertz CT molecular complexity index is 1400. The summed E-state index contributed by atoms with van der Waals surface area (Å²) in [7, 11) is -8.57. The molecule has 1 aromatic heterocycles. The second kappa shape index (κ2) is 5.88. The molecule has 27 heavy (non-hydrogen) atoms. The third kappa shape index (κ3) is 2.89. The average molecular weight is 403 g/mol. The van der Waals surface area contributed by atoms with Gasteiger partial charge in [0.2, 0.25) is 0 Å². The minimum atomic E-state index is -4.54. The Morgan fingerprint density at radius 2 is 1.56 bits per heavy atom. The van der Waals surface area contributed by atoms with E-state index in [0.29, 0.717) is 5.39 Å². The van der Waals surface area contributed by atoms with Crippen molar-refractivity contribution in [3.8, 4) is 0 Å². The fourth-order valence-electron chi connectivity index (χ4n) is 2.85. The predicted octanol–water partition coefficient (Wildman–Crippen LogP) is 3.37. The van der Waals surface area contributed by atoms with Gasteiger partial charge in [-0.2, -0.15) is 13.4 Å². The number of aryl methyl sites for hydroxylation is 1. The fourth-order valence-corrected chi connectivity index (χ4v) is 4.67. The molecule has 0 bridgehead atoms. The maximum atomic E-state index is 12.8. The van der Waals surface area contributed by atoms with E-state index >= 15 is 0 Å². The minimum Gasteiger partial charge on any atom is -0.428 e. The standard InChI is InChI=1S/C18H13NO6S2/c1-11-6-8-12(9-7-11)26(20,21)18-19-17-14-5-3-2-4-13(14)16(27(22,23)24)10-15(17)25-18/h2-10H,1H3,(H,22,23,24).